The van der Waals surface area contributed by atoms with E-state index >= 15 is 0 Å². The Morgan fingerprint density at radius 1 is 1.00 bits per heavy atom. The van der Waals surface area contributed by atoms with Crippen LogP contribution in [0.3, 0.4) is 0 Å². The van der Waals surface area contributed by atoms with Crippen LogP contribution in [0.25, 0.3) is 0 Å². The average molecular weight is 431 g/mol. The molecule has 0 unspecified atom stereocenters. The molecule has 0 bridgehead atoms. The van der Waals surface area contributed by atoms with Crippen molar-refractivity contribution in [1.82, 2.24) is 20.9 Å². The lowest BCUT2D eigenvalue weighted by molar-refractivity contribution is -0.123. The Morgan fingerprint density at radius 3 is 2.36 bits per heavy atom. The zero-order valence-electron chi connectivity index (χ0n) is 16.2. The highest BCUT2D eigenvalue weighted by Gasteiger charge is 2.19. The van der Waals surface area contributed by atoms with Crippen LogP contribution < -0.4 is 16.0 Å². The number of piperidine rings is 1. The summed E-state index contributed by atoms with van der Waals surface area (Å²) in [7, 11) is 0. The third-order valence-electron chi connectivity index (χ3n) is 5.22. The Hall–Kier alpha value is -1.34. The van der Waals surface area contributed by atoms with Crippen molar-refractivity contribution in [2.24, 2.45) is 0 Å². The number of likely N-dealkylation sites (tertiary alicyclic amines) is 1. The molecule has 2 amide bonds. The molecule has 2 heterocycles. The normalized spacial score (nSPS) is 19.2. The van der Waals surface area contributed by atoms with Crippen molar-refractivity contribution >= 4 is 36.6 Å². The van der Waals surface area contributed by atoms with Crippen molar-refractivity contribution in [1.29, 1.82) is 0 Å². The number of carbonyl (C=O) groups is 2. The maximum Gasteiger partial charge on any atom is 0.251 e. The summed E-state index contributed by atoms with van der Waals surface area (Å²) in [6.07, 6.45) is 5.69. The van der Waals surface area contributed by atoms with E-state index in [4.69, 9.17) is 0 Å². The molecule has 2 aliphatic rings. The monoisotopic (exact) mass is 430 g/mol. The van der Waals surface area contributed by atoms with E-state index in [1.807, 2.05) is 24.3 Å². The van der Waals surface area contributed by atoms with E-state index in [0.29, 0.717) is 18.7 Å². The Labute approximate surface area is 180 Å². The fraction of sp³-hybridized carbons (Fsp3) is 0.600. The lowest BCUT2D eigenvalue weighted by Gasteiger charge is -2.22. The predicted octanol–water partition coefficient (Wildman–Crippen LogP) is 2.11. The van der Waals surface area contributed by atoms with E-state index in [1.54, 1.807) is 0 Å². The summed E-state index contributed by atoms with van der Waals surface area (Å²) in [4.78, 5) is 26.7. The molecule has 2 aliphatic heterocycles. The van der Waals surface area contributed by atoms with Crippen molar-refractivity contribution in [3.05, 3.63) is 35.4 Å². The van der Waals surface area contributed by atoms with Crippen molar-refractivity contribution in [2.45, 2.75) is 44.7 Å². The molecular weight excluding hydrogens is 399 g/mol. The summed E-state index contributed by atoms with van der Waals surface area (Å²) in [6, 6.07) is 7.40. The van der Waals surface area contributed by atoms with Crippen LogP contribution in [0.15, 0.2) is 24.3 Å². The van der Waals surface area contributed by atoms with Crippen LogP contribution in [-0.2, 0) is 11.3 Å². The number of nitrogens with one attached hydrogen (secondary N) is 3. The Balaban J connectivity index is 0.00000196. The maximum atomic E-state index is 12.2. The second kappa shape index (κ2) is 13.0. The summed E-state index contributed by atoms with van der Waals surface area (Å²) < 4.78 is 0. The number of halogens is 2. The highest BCUT2D eigenvalue weighted by atomic mass is 35.5. The first-order chi connectivity index (χ1) is 12.7. The summed E-state index contributed by atoms with van der Waals surface area (Å²) in [5, 5.41) is 9.21. The molecule has 2 fully saturated rings. The van der Waals surface area contributed by atoms with E-state index in [2.05, 4.69) is 20.9 Å². The molecule has 6 nitrogen and oxygen atoms in total. The first-order valence-electron chi connectivity index (χ1n) is 9.83. The Morgan fingerprint density at radius 2 is 1.71 bits per heavy atom. The molecule has 1 atom stereocenters. The van der Waals surface area contributed by atoms with E-state index in [-0.39, 0.29) is 42.7 Å². The van der Waals surface area contributed by atoms with Crippen molar-refractivity contribution in [2.75, 3.05) is 32.7 Å². The van der Waals surface area contributed by atoms with Gasteiger partial charge < -0.3 is 20.9 Å². The minimum atomic E-state index is -0.0654. The molecule has 0 spiro atoms. The number of nitrogens with zero attached hydrogens (tertiary/aromatic N) is 1. The SMILES string of the molecule is Cl.Cl.O=C(NCCN1CCCC1)c1ccc(CNC(=O)[C@H]2CCCCN2)cc1. The molecule has 0 aliphatic carbocycles. The van der Waals surface area contributed by atoms with Gasteiger partial charge >= 0.3 is 0 Å². The van der Waals surface area contributed by atoms with Crippen molar-refractivity contribution < 1.29 is 9.59 Å². The van der Waals surface area contributed by atoms with Crippen molar-refractivity contribution in [3.63, 3.8) is 0 Å². The van der Waals surface area contributed by atoms with Gasteiger partial charge in [0.2, 0.25) is 5.91 Å². The fourth-order valence-electron chi connectivity index (χ4n) is 3.60. The number of carbonyl (C=O) groups excluding carboxylic acids is 2. The second-order valence-corrected chi connectivity index (χ2v) is 7.22. The second-order valence-electron chi connectivity index (χ2n) is 7.22. The molecule has 3 N–H and O–H groups in total. The van der Waals surface area contributed by atoms with Crippen LogP contribution in [0.5, 0.6) is 0 Å². The lowest BCUT2D eigenvalue weighted by Crippen LogP contribution is -2.46. The van der Waals surface area contributed by atoms with Crippen LogP contribution in [0.2, 0.25) is 0 Å². The standard InChI is InChI=1S/C20H30N4O2.2ClH/c25-19(22-11-14-24-12-3-4-13-24)17-8-6-16(7-9-17)15-23-20(26)18-5-1-2-10-21-18;;/h6-9,18,21H,1-5,10-15H2,(H,22,25)(H,23,26);2*1H/t18-;;/m1../s1. The van der Waals surface area contributed by atoms with Gasteiger partial charge in [0.25, 0.3) is 5.91 Å². The van der Waals surface area contributed by atoms with Gasteiger partial charge in [-0.1, -0.05) is 18.6 Å². The van der Waals surface area contributed by atoms with Gasteiger partial charge in [-0.15, -0.1) is 24.8 Å². The minimum Gasteiger partial charge on any atom is -0.351 e. The highest BCUT2D eigenvalue weighted by molar-refractivity contribution is 5.94. The molecule has 0 aromatic heterocycles. The fourth-order valence-corrected chi connectivity index (χ4v) is 3.60. The zero-order valence-corrected chi connectivity index (χ0v) is 17.9. The summed E-state index contributed by atoms with van der Waals surface area (Å²) in [6.45, 7) is 5.31. The lowest BCUT2D eigenvalue weighted by atomic mass is 10.0. The van der Waals surface area contributed by atoms with Crippen LogP contribution in [-0.4, -0.2) is 55.5 Å². The number of benzene rings is 1. The van der Waals surface area contributed by atoms with E-state index in [1.165, 1.54) is 12.8 Å². The van der Waals surface area contributed by atoms with Gasteiger partial charge in [-0.2, -0.15) is 0 Å². The molecule has 3 rings (SSSR count). The summed E-state index contributed by atoms with van der Waals surface area (Å²) in [5.74, 6) is 0.0274. The maximum absolute atomic E-state index is 12.2. The quantitative estimate of drug-likeness (QED) is 0.619. The minimum absolute atomic E-state index is 0. The van der Waals surface area contributed by atoms with Gasteiger partial charge in [-0.25, -0.2) is 0 Å². The molecule has 28 heavy (non-hydrogen) atoms. The van der Waals surface area contributed by atoms with Gasteiger partial charge in [0, 0.05) is 25.2 Å². The number of hydrogen-bond acceptors (Lipinski definition) is 4. The zero-order chi connectivity index (χ0) is 18.2. The van der Waals surface area contributed by atoms with Gasteiger partial charge in [-0.05, 0) is 63.0 Å². The van der Waals surface area contributed by atoms with Crippen LogP contribution in [0.4, 0.5) is 0 Å². The van der Waals surface area contributed by atoms with Crippen LogP contribution >= 0.6 is 24.8 Å². The molecule has 8 heteroatoms. The Bertz CT molecular complexity index is 601. The largest absolute Gasteiger partial charge is 0.351 e. The molecular formula is C20H32Cl2N4O2. The first-order valence-corrected chi connectivity index (χ1v) is 9.83. The first kappa shape index (κ1) is 24.7. The molecule has 1 aromatic carbocycles. The number of rotatable bonds is 7. The van der Waals surface area contributed by atoms with Gasteiger partial charge in [0.05, 0.1) is 6.04 Å². The van der Waals surface area contributed by atoms with Gasteiger partial charge in [0.1, 0.15) is 0 Å². The van der Waals surface area contributed by atoms with Crippen LogP contribution in [0.1, 0.15) is 48.0 Å². The average Bonchev–Trinajstić information content (AvgIpc) is 3.20. The third-order valence-corrected chi connectivity index (χ3v) is 5.22. The smallest absolute Gasteiger partial charge is 0.251 e. The topological polar surface area (TPSA) is 73.5 Å². The van der Waals surface area contributed by atoms with E-state index in [9.17, 15) is 9.59 Å². The Kier molecular flexibility index (Phi) is 11.5. The molecule has 158 valence electrons. The number of hydrogen-bond donors (Lipinski definition) is 3. The molecule has 0 radical (unpaired) electrons. The predicted molar refractivity (Wildman–Crippen MR) is 116 cm³/mol. The summed E-state index contributed by atoms with van der Waals surface area (Å²) >= 11 is 0. The van der Waals surface area contributed by atoms with Gasteiger partial charge in [-0.3, -0.25) is 9.59 Å². The van der Waals surface area contributed by atoms with Gasteiger partial charge in [0.15, 0.2) is 0 Å². The molecule has 2 saturated heterocycles. The summed E-state index contributed by atoms with van der Waals surface area (Å²) in [5.41, 5.74) is 1.67. The highest BCUT2D eigenvalue weighted by Crippen LogP contribution is 2.09. The van der Waals surface area contributed by atoms with E-state index < -0.39 is 0 Å². The molecule has 1 aromatic rings. The van der Waals surface area contributed by atoms with Crippen LogP contribution in [0, 0.1) is 0 Å². The van der Waals surface area contributed by atoms with Crippen molar-refractivity contribution in [3.8, 4) is 0 Å². The molecule has 0 saturated carbocycles. The number of amides is 2. The third kappa shape index (κ3) is 7.59. The van der Waals surface area contributed by atoms with E-state index in [0.717, 1.165) is 51.0 Å².